The zero-order valence-electron chi connectivity index (χ0n) is 11.4. The van der Waals surface area contributed by atoms with Gasteiger partial charge in [0.15, 0.2) is 0 Å². The Balaban J connectivity index is 1.69. The number of ether oxygens (including phenoxy) is 1. The zero-order chi connectivity index (χ0) is 13.8. The van der Waals surface area contributed by atoms with Crippen LogP contribution < -0.4 is 10.5 Å². The minimum absolute atomic E-state index is 0.600. The number of aromatic nitrogens is 3. The molecule has 1 fully saturated rings. The summed E-state index contributed by atoms with van der Waals surface area (Å²) in [5.74, 6) is 0.600. The van der Waals surface area contributed by atoms with E-state index in [-0.39, 0.29) is 0 Å². The first-order valence-corrected chi connectivity index (χ1v) is 6.93. The number of nitrogens with two attached hydrogens (primary N) is 1. The average Bonchev–Trinajstić information content (AvgIpc) is 3.12. The molecule has 0 aromatic carbocycles. The van der Waals surface area contributed by atoms with Crippen LogP contribution in [0.4, 0.5) is 5.69 Å². The fourth-order valence-corrected chi connectivity index (χ4v) is 2.46. The van der Waals surface area contributed by atoms with Gasteiger partial charge in [0.05, 0.1) is 23.1 Å². The van der Waals surface area contributed by atoms with Gasteiger partial charge in [0.2, 0.25) is 5.88 Å². The molecule has 0 atom stereocenters. The van der Waals surface area contributed by atoms with Gasteiger partial charge in [0.1, 0.15) is 6.61 Å². The number of nitrogens with one attached hydrogen (secondary N) is 1. The lowest BCUT2D eigenvalue weighted by atomic mass is 10.2. The maximum atomic E-state index is 5.82. The minimum Gasteiger partial charge on any atom is -0.476 e. The second-order valence-electron chi connectivity index (χ2n) is 4.99. The van der Waals surface area contributed by atoms with Gasteiger partial charge < -0.3 is 10.5 Å². The van der Waals surface area contributed by atoms with Crippen molar-refractivity contribution in [2.45, 2.75) is 12.8 Å². The molecule has 0 unspecified atom stereocenters. The average molecular weight is 273 g/mol. The third-order valence-electron chi connectivity index (χ3n) is 3.51. The van der Waals surface area contributed by atoms with Crippen molar-refractivity contribution in [3.05, 3.63) is 24.5 Å². The van der Waals surface area contributed by atoms with E-state index in [1.165, 1.54) is 25.9 Å². The van der Waals surface area contributed by atoms with E-state index in [4.69, 9.17) is 10.5 Å². The Morgan fingerprint density at radius 2 is 2.20 bits per heavy atom. The van der Waals surface area contributed by atoms with E-state index >= 15 is 0 Å². The number of H-pyrrole nitrogens is 1. The number of aromatic amines is 1. The molecule has 0 saturated carbocycles. The Kier molecular flexibility index (Phi) is 3.83. The third kappa shape index (κ3) is 2.91. The van der Waals surface area contributed by atoms with Gasteiger partial charge in [-0.3, -0.25) is 10.00 Å². The summed E-state index contributed by atoms with van der Waals surface area (Å²) in [6, 6.07) is 3.73. The largest absolute Gasteiger partial charge is 0.476 e. The van der Waals surface area contributed by atoms with Gasteiger partial charge in [-0.05, 0) is 38.1 Å². The zero-order valence-corrected chi connectivity index (χ0v) is 11.4. The molecule has 20 heavy (non-hydrogen) atoms. The summed E-state index contributed by atoms with van der Waals surface area (Å²) in [5.41, 5.74) is 8.13. The van der Waals surface area contributed by atoms with E-state index in [1.807, 2.05) is 12.1 Å². The van der Waals surface area contributed by atoms with E-state index in [2.05, 4.69) is 20.1 Å². The molecule has 0 aliphatic carbocycles. The fraction of sp³-hybridized carbons (Fsp3) is 0.429. The van der Waals surface area contributed by atoms with Crippen LogP contribution in [-0.2, 0) is 0 Å². The van der Waals surface area contributed by atoms with Crippen molar-refractivity contribution >= 4 is 5.69 Å². The van der Waals surface area contributed by atoms with Crippen molar-refractivity contribution in [2.75, 3.05) is 32.0 Å². The van der Waals surface area contributed by atoms with Crippen LogP contribution in [0.5, 0.6) is 5.88 Å². The number of pyridine rings is 1. The first-order chi connectivity index (χ1) is 9.83. The standard InChI is InChI=1S/C14H19N5O/c15-11-9-12(13-3-4-17-18-13)14(16-10-11)20-8-7-19-5-1-2-6-19/h3-4,9-10H,1-2,5-8,15H2,(H,17,18). The molecule has 6 heteroatoms. The van der Waals surface area contributed by atoms with Crippen LogP contribution in [0.15, 0.2) is 24.5 Å². The number of nitrogens with zero attached hydrogens (tertiary/aromatic N) is 3. The predicted molar refractivity (Wildman–Crippen MR) is 77.4 cm³/mol. The molecule has 2 aromatic heterocycles. The molecular weight excluding hydrogens is 254 g/mol. The Bertz CT molecular complexity index is 549. The normalized spacial score (nSPS) is 15.6. The molecule has 3 N–H and O–H groups in total. The molecule has 1 aliphatic rings. The fourth-order valence-electron chi connectivity index (χ4n) is 2.46. The van der Waals surface area contributed by atoms with Crippen molar-refractivity contribution in [1.82, 2.24) is 20.1 Å². The molecule has 1 saturated heterocycles. The molecule has 3 heterocycles. The Labute approximate surface area is 118 Å². The molecule has 0 spiro atoms. The highest BCUT2D eigenvalue weighted by molar-refractivity contribution is 5.68. The van der Waals surface area contributed by atoms with Gasteiger partial charge in [0, 0.05) is 12.7 Å². The molecule has 3 rings (SSSR count). The summed E-state index contributed by atoms with van der Waals surface area (Å²) in [6.45, 7) is 3.92. The van der Waals surface area contributed by atoms with Crippen molar-refractivity contribution < 1.29 is 4.74 Å². The van der Waals surface area contributed by atoms with Crippen LogP contribution in [0.25, 0.3) is 11.3 Å². The number of anilines is 1. The quantitative estimate of drug-likeness (QED) is 0.863. The maximum Gasteiger partial charge on any atom is 0.223 e. The molecule has 2 aromatic rings. The summed E-state index contributed by atoms with van der Waals surface area (Å²) in [5, 5.41) is 6.87. The highest BCUT2D eigenvalue weighted by Crippen LogP contribution is 2.28. The van der Waals surface area contributed by atoms with Crippen molar-refractivity contribution in [3.8, 4) is 17.1 Å². The highest BCUT2D eigenvalue weighted by atomic mass is 16.5. The van der Waals surface area contributed by atoms with Gasteiger partial charge in [-0.2, -0.15) is 5.10 Å². The lowest BCUT2D eigenvalue weighted by Gasteiger charge is -2.15. The number of hydrogen-bond donors (Lipinski definition) is 2. The van der Waals surface area contributed by atoms with Gasteiger partial charge in [-0.1, -0.05) is 0 Å². The van der Waals surface area contributed by atoms with Crippen LogP contribution in [0.3, 0.4) is 0 Å². The van der Waals surface area contributed by atoms with Crippen LogP contribution in [-0.4, -0.2) is 46.3 Å². The van der Waals surface area contributed by atoms with Gasteiger partial charge in [-0.25, -0.2) is 4.98 Å². The number of likely N-dealkylation sites (tertiary alicyclic amines) is 1. The van der Waals surface area contributed by atoms with Crippen molar-refractivity contribution in [2.24, 2.45) is 0 Å². The van der Waals surface area contributed by atoms with E-state index in [0.29, 0.717) is 18.2 Å². The number of nitrogen functional groups attached to an aromatic ring is 1. The predicted octanol–water partition coefficient (Wildman–Crippen LogP) is 1.53. The Hall–Kier alpha value is -2.08. The summed E-state index contributed by atoms with van der Waals surface area (Å²) < 4.78 is 5.82. The molecule has 106 valence electrons. The second kappa shape index (κ2) is 5.92. The molecule has 0 radical (unpaired) electrons. The van der Waals surface area contributed by atoms with Crippen LogP contribution in [0.1, 0.15) is 12.8 Å². The van der Waals surface area contributed by atoms with Gasteiger partial charge in [-0.15, -0.1) is 0 Å². The monoisotopic (exact) mass is 273 g/mol. The molecule has 1 aliphatic heterocycles. The lowest BCUT2D eigenvalue weighted by Crippen LogP contribution is -2.25. The Morgan fingerprint density at radius 1 is 1.35 bits per heavy atom. The van der Waals surface area contributed by atoms with Crippen LogP contribution in [0.2, 0.25) is 0 Å². The molecule has 0 amide bonds. The van der Waals surface area contributed by atoms with E-state index < -0.39 is 0 Å². The summed E-state index contributed by atoms with van der Waals surface area (Å²) in [6.07, 6.45) is 5.90. The van der Waals surface area contributed by atoms with Gasteiger partial charge >= 0.3 is 0 Å². The Morgan fingerprint density at radius 3 is 2.95 bits per heavy atom. The van der Waals surface area contributed by atoms with E-state index in [9.17, 15) is 0 Å². The summed E-state index contributed by atoms with van der Waals surface area (Å²) in [7, 11) is 0. The number of rotatable bonds is 5. The van der Waals surface area contributed by atoms with Crippen molar-refractivity contribution in [1.29, 1.82) is 0 Å². The lowest BCUT2D eigenvalue weighted by molar-refractivity contribution is 0.232. The SMILES string of the molecule is Nc1cnc(OCCN2CCCC2)c(-c2ccn[nH]2)c1. The molecule has 6 nitrogen and oxygen atoms in total. The van der Waals surface area contributed by atoms with E-state index in [0.717, 1.165) is 17.8 Å². The molecular formula is C14H19N5O. The number of hydrogen-bond acceptors (Lipinski definition) is 5. The molecule has 0 bridgehead atoms. The summed E-state index contributed by atoms with van der Waals surface area (Å²) >= 11 is 0. The van der Waals surface area contributed by atoms with Crippen molar-refractivity contribution in [3.63, 3.8) is 0 Å². The smallest absolute Gasteiger partial charge is 0.223 e. The first-order valence-electron chi connectivity index (χ1n) is 6.93. The maximum absolute atomic E-state index is 5.82. The topological polar surface area (TPSA) is 80.1 Å². The first kappa shape index (κ1) is 12.9. The van der Waals surface area contributed by atoms with Crippen LogP contribution >= 0.6 is 0 Å². The summed E-state index contributed by atoms with van der Waals surface area (Å²) in [4.78, 5) is 6.69. The van der Waals surface area contributed by atoms with E-state index in [1.54, 1.807) is 12.4 Å². The van der Waals surface area contributed by atoms with Gasteiger partial charge in [0.25, 0.3) is 0 Å². The minimum atomic E-state index is 0.600. The third-order valence-corrected chi connectivity index (χ3v) is 3.51. The van der Waals surface area contributed by atoms with Crippen LogP contribution in [0, 0.1) is 0 Å². The highest BCUT2D eigenvalue weighted by Gasteiger charge is 2.13. The second-order valence-corrected chi connectivity index (χ2v) is 4.99.